The molecule has 0 radical (unpaired) electrons. The molecule has 0 aliphatic heterocycles. The fraction of sp³-hybridized carbons (Fsp3) is 0.0667. The van der Waals surface area contributed by atoms with E-state index in [1.807, 2.05) is 0 Å². The number of aryl methyl sites for hydroxylation is 1. The molecule has 0 atom stereocenters. The summed E-state index contributed by atoms with van der Waals surface area (Å²) in [6, 6.07) is 18.0. The Kier molecular flexibility index (Phi) is 2.47. The van der Waals surface area contributed by atoms with Crippen LogP contribution in [0, 0.1) is 6.92 Å². The molecule has 0 aliphatic carbocycles. The second-order valence-electron chi connectivity index (χ2n) is 4.27. The van der Waals surface area contributed by atoms with Crippen molar-refractivity contribution in [3.63, 3.8) is 0 Å². The summed E-state index contributed by atoms with van der Waals surface area (Å²) in [5.74, 6) is 0. The Hall–Kier alpha value is -0.898. The van der Waals surface area contributed by atoms with Gasteiger partial charge in [0.25, 0.3) is 0 Å². The normalized spacial score (nSPS) is 11.0. The van der Waals surface area contributed by atoms with Crippen LogP contribution in [-0.4, -0.2) is 25.8 Å². The molecule has 3 aromatic rings. The van der Waals surface area contributed by atoms with Gasteiger partial charge in [-0.15, -0.1) is 0 Å². The van der Waals surface area contributed by atoms with Gasteiger partial charge >= 0.3 is 111 Å². The van der Waals surface area contributed by atoms with Gasteiger partial charge in [0.05, 0.1) is 0 Å². The molecule has 0 aromatic heterocycles. The van der Waals surface area contributed by atoms with E-state index in [0.717, 1.165) is 25.8 Å². The van der Waals surface area contributed by atoms with E-state index < -0.39 is 0 Å². The van der Waals surface area contributed by atoms with Crippen LogP contribution in [0.15, 0.2) is 48.5 Å². The van der Waals surface area contributed by atoms with E-state index in [4.69, 9.17) is 0 Å². The van der Waals surface area contributed by atoms with Crippen LogP contribution >= 0.6 is 0 Å². The van der Waals surface area contributed by atoms with Crippen LogP contribution < -0.4 is 3.12 Å². The van der Waals surface area contributed by atoms with E-state index in [2.05, 4.69) is 55.5 Å². The van der Waals surface area contributed by atoms with Gasteiger partial charge in [-0.25, -0.2) is 0 Å². The topological polar surface area (TPSA) is 0 Å². The van der Waals surface area contributed by atoms with Crippen LogP contribution in [-0.2, 0) is 0 Å². The first-order valence-electron chi connectivity index (χ1n) is 5.43. The van der Waals surface area contributed by atoms with Gasteiger partial charge in [-0.2, -0.15) is 0 Å². The van der Waals surface area contributed by atoms with Crippen LogP contribution in [0.5, 0.6) is 0 Å². The molecule has 0 nitrogen and oxygen atoms in total. The molecule has 0 N–H and O–H groups in total. The minimum absolute atomic E-state index is 0.920. The average molecular weight is 396 g/mol. The molecular formula is C15H11Tl. The molecule has 3 aromatic carbocycles. The maximum atomic E-state index is 2.32. The van der Waals surface area contributed by atoms with Gasteiger partial charge in [-0.3, -0.25) is 0 Å². The Bertz CT molecular complexity index is 623. The van der Waals surface area contributed by atoms with Gasteiger partial charge in [-0.1, -0.05) is 0 Å². The molecule has 0 fully saturated rings. The van der Waals surface area contributed by atoms with Crippen LogP contribution in [0.2, 0.25) is 0 Å². The van der Waals surface area contributed by atoms with Gasteiger partial charge in [0.1, 0.15) is 0 Å². The van der Waals surface area contributed by atoms with E-state index in [-0.39, 0.29) is 0 Å². The van der Waals surface area contributed by atoms with Crippen molar-refractivity contribution in [1.29, 1.82) is 0 Å². The van der Waals surface area contributed by atoms with E-state index in [9.17, 15) is 0 Å². The fourth-order valence-electron chi connectivity index (χ4n) is 2.21. The molecule has 1 heteroatoms. The molecule has 16 heavy (non-hydrogen) atoms. The molecule has 0 spiro atoms. The molecular weight excluding hydrogens is 385 g/mol. The van der Waals surface area contributed by atoms with Crippen LogP contribution in [0.3, 0.4) is 0 Å². The van der Waals surface area contributed by atoms with Crippen molar-refractivity contribution in [3.8, 4) is 0 Å². The Morgan fingerprint density at radius 1 is 0.750 bits per heavy atom. The third-order valence-electron chi connectivity index (χ3n) is 3.02. The summed E-state index contributed by atoms with van der Waals surface area (Å²) in [5.41, 5.74) is 1.33. The number of fused-ring (bicyclic) bond motifs is 3. The molecule has 0 bridgehead atoms. The SMILES string of the molecule is Cc1ccc2c(ccc3c[c]([Tl])ccc32)c1. The van der Waals surface area contributed by atoms with Crippen molar-refractivity contribution < 1.29 is 0 Å². The first-order chi connectivity index (χ1) is 7.74. The van der Waals surface area contributed by atoms with Crippen LogP contribution in [0.25, 0.3) is 21.5 Å². The summed E-state index contributed by atoms with van der Waals surface area (Å²) in [5, 5.41) is 5.46. The predicted octanol–water partition coefficient (Wildman–Crippen LogP) is 3.10. The van der Waals surface area contributed by atoms with E-state index in [0.29, 0.717) is 0 Å². The van der Waals surface area contributed by atoms with Crippen LogP contribution in [0.4, 0.5) is 0 Å². The minimum atomic E-state index is 0.920. The van der Waals surface area contributed by atoms with Crippen molar-refractivity contribution in [2.24, 2.45) is 0 Å². The van der Waals surface area contributed by atoms with Gasteiger partial charge in [0.15, 0.2) is 0 Å². The number of benzene rings is 3. The standard InChI is InChI=1S/C15H11.Tl/c1-11-6-9-15-13(10-11)8-7-12-4-2-3-5-14(12)15;/h3-10H,1H3;. The second kappa shape index (κ2) is 3.84. The van der Waals surface area contributed by atoms with E-state index in [1.165, 1.54) is 30.2 Å². The zero-order valence-electron chi connectivity index (χ0n) is 9.20. The molecule has 0 saturated heterocycles. The number of hydrogen-bond donors (Lipinski definition) is 0. The Morgan fingerprint density at radius 3 is 2.12 bits per heavy atom. The molecule has 3 rings (SSSR count). The van der Waals surface area contributed by atoms with E-state index >= 15 is 0 Å². The first kappa shape index (κ1) is 10.3. The quantitative estimate of drug-likeness (QED) is 0.405. The zero-order chi connectivity index (χ0) is 11.1. The van der Waals surface area contributed by atoms with Gasteiger partial charge < -0.3 is 0 Å². The molecule has 0 aliphatic rings. The van der Waals surface area contributed by atoms with Crippen molar-refractivity contribution >= 4 is 50.4 Å². The summed E-state index contributed by atoms with van der Waals surface area (Å²) in [4.78, 5) is 0. The Balaban J connectivity index is 2.50. The monoisotopic (exact) mass is 396 g/mol. The maximum absolute atomic E-state index is 2.32. The molecule has 0 heterocycles. The van der Waals surface area contributed by atoms with Crippen molar-refractivity contribution in [2.45, 2.75) is 6.92 Å². The van der Waals surface area contributed by atoms with E-state index in [1.54, 1.807) is 0 Å². The molecule has 0 amide bonds. The fourth-order valence-corrected chi connectivity index (χ4v) is 3.28. The molecule has 0 unspecified atom stereocenters. The number of hydrogen-bond acceptors (Lipinski definition) is 0. The van der Waals surface area contributed by atoms with Crippen molar-refractivity contribution in [3.05, 3.63) is 54.1 Å². The average Bonchev–Trinajstić information content (AvgIpc) is 2.28. The van der Waals surface area contributed by atoms with Gasteiger partial charge in [-0.05, 0) is 0 Å². The van der Waals surface area contributed by atoms with Crippen LogP contribution in [0.1, 0.15) is 5.56 Å². The second-order valence-corrected chi connectivity index (χ2v) is 6.86. The third kappa shape index (κ3) is 1.65. The Labute approximate surface area is 111 Å². The Morgan fingerprint density at radius 2 is 1.38 bits per heavy atom. The molecule has 0 saturated carbocycles. The van der Waals surface area contributed by atoms with Crippen molar-refractivity contribution in [2.75, 3.05) is 0 Å². The number of rotatable bonds is 0. The zero-order valence-corrected chi connectivity index (χ0v) is 13.7. The summed E-state index contributed by atoms with van der Waals surface area (Å²) < 4.78 is 1.49. The van der Waals surface area contributed by atoms with Gasteiger partial charge in [0.2, 0.25) is 0 Å². The first-order valence-corrected chi connectivity index (χ1v) is 7.67. The summed E-state index contributed by atoms with van der Waals surface area (Å²) >= 11 is 0.920. The molecule has 74 valence electrons. The predicted molar refractivity (Wildman–Crippen MR) is 71.6 cm³/mol. The van der Waals surface area contributed by atoms with Crippen molar-refractivity contribution in [1.82, 2.24) is 0 Å². The summed E-state index contributed by atoms with van der Waals surface area (Å²) in [7, 11) is 0. The third-order valence-corrected chi connectivity index (χ3v) is 4.41. The summed E-state index contributed by atoms with van der Waals surface area (Å²) in [6.45, 7) is 2.14. The summed E-state index contributed by atoms with van der Waals surface area (Å²) in [6.07, 6.45) is 0. The van der Waals surface area contributed by atoms with Gasteiger partial charge in [0, 0.05) is 0 Å².